The number of carbonyl (C=O) groups excluding carboxylic acids is 1. The smallest absolute Gasteiger partial charge is 0.477 e. The average Bonchev–Trinajstić information content (AvgIpc) is 3.14. The van der Waals surface area contributed by atoms with Crippen molar-refractivity contribution in [3.05, 3.63) is 82.0 Å². The lowest BCUT2D eigenvalue weighted by Gasteiger charge is -2.17. The highest BCUT2D eigenvalue weighted by molar-refractivity contribution is 6.32. The lowest BCUT2D eigenvalue weighted by atomic mass is 10.2. The van der Waals surface area contributed by atoms with Crippen molar-refractivity contribution in [3.63, 3.8) is 0 Å². The number of ether oxygens (including phenoxy) is 4. The van der Waals surface area contributed by atoms with E-state index in [1.807, 2.05) is 13.8 Å². The molecule has 41 heavy (non-hydrogen) atoms. The molecule has 0 bridgehead atoms. The number of nitrogens with zero attached hydrogens (tertiary/aromatic N) is 1. The van der Waals surface area contributed by atoms with E-state index < -0.39 is 18.4 Å². The topological polar surface area (TPSA) is 58.9 Å². The zero-order valence-corrected chi connectivity index (χ0v) is 24.2. The van der Waals surface area contributed by atoms with Crippen LogP contribution in [0.15, 0.2) is 60.7 Å². The highest BCUT2D eigenvalue weighted by Gasteiger charge is 2.31. The molecule has 0 saturated carbocycles. The molecule has 0 aliphatic rings. The van der Waals surface area contributed by atoms with Crippen molar-refractivity contribution in [2.24, 2.45) is 5.92 Å². The number of halogens is 5. The van der Waals surface area contributed by atoms with Gasteiger partial charge < -0.3 is 23.5 Å². The highest BCUT2D eigenvalue weighted by Crippen LogP contribution is 2.39. The molecule has 1 aromatic heterocycles. The molecule has 0 fully saturated rings. The van der Waals surface area contributed by atoms with Gasteiger partial charge in [-0.1, -0.05) is 43.1 Å². The number of hydrogen-bond donors (Lipinski definition) is 0. The number of alkyl halides is 3. The van der Waals surface area contributed by atoms with Crippen molar-refractivity contribution in [1.29, 1.82) is 0 Å². The molecule has 0 aliphatic heterocycles. The number of carbonyl (C=O) groups is 1. The largest absolute Gasteiger partial charge is 0.573 e. The van der Waals surface area contributed by atoms with Gasteiger partial charge >= 0.3 is 12.3 Å². The Kier molecular flexibility index (Phi) is 9.29. The molecule has 4 aromatic rings. The maximum absolute atomic E-state index is 13.0. The Labute approximate surface area is 245 Å². The van der Waals surface area contributed by atoms with Gasteiger partial charge in [-0.05, 0) is 73.9 Å². The predicted molar refractivity (Wildman–Crippen MR) is 151 cm³/mol. The van der Waals surface area contributed by atoms with Gasteiger partial charge in [-0.3, -0.25) is 0 Å². The van der Waals surface area contributed by atoms with Crippen molar-refractivity contribution in [2.45, 2.75) is 46.7 Å². The van der Waals surface area contributed by atoms with Gasteiger partial charge in [0.15, 0.2) is 11.9 Å². The molecule has 0 spiro atoms. The lowest BCUT2D eigenvalue weighted by Crippen LogP contribution is -2.27. The minimum Gasteiger partial charge on any atom is -0.477 e. The number of aromatic nitrogens is 1. The van der Waals surface area contributed by atoms with Gasteiger partial charge in [0.1, 0.15) is 17.2 Å². The summed E-state index contributed by atoms with van der Waals surface area (Å²) >= 11 is 12.3. The molecule has 0 aliphatic carbocycles. The Hall–Kier alpha value is -3.56. The first-order valence-corrected chi connectivity index (χ1v) is 13.5. The number of rotatable bonds is 10. The van der Waals surface area contributed by atoms with Gasteiger partial charge in [0.25, 0.3) is 0 Å². The van der Waals surface area contributed by atoms with Crippen molar-refractivity contribution < 1.29 is 36.9 Å². The number of hydrogen-bond acceptors (Lipinski definition) is 5. The SMILES string of the molecule is Cc1c(Oc2ccc(Cl)cc2)c2ccc(OC(F)(F)F)cc2n1Cc1ccc(Cl)c(O[C@@H](C)C(=O)OCC(C)C)c1. The monoisotopic (exact) mass is 609 g/mol. The third-order valence-electron chi connectivity index (χ3n) is 6.04. The van der Waals surface area contributed by atoms with Crippen LogP contribution in [0, 0.1) is 12.8 Å². The minimum atomic E-state index is -4.85. The van der Waals surface area contributed by atoms with Crippen molar-refractivity contribution in [3.8, 4) is 23.0 Å². The molecule has 0 radical (unpaired) electrons. The first-order valence-electron chi connectivity index (χ1n) is 12.7. The molecule has 6 nitrogen and oxygen atoms in total. The average molecular weight is 610 g/mol. The Bertz CT molecular complexity index is 1530. The van der Waals surface area contributed by atoms with Crippen LogP contribution in [0.1, 0.15) is 32.0 Å². The minimum absolute atomic E-state index is 0.174. The fourth-order valence-electron chi connectivity index (χ4n) is 4.10. The van der Waals surface area contributed by atoms with E-state index in [1.165, 1.54) is 18.2 Å². The zero-order valence-electron chi connectivity index (χ0n) is 22.7. The quantitative estimate of drug-likeness (QED) is 0.168. The molecule has 0 amide bonds. The van der Waals surface area contributed by atoms with E-state index in [2.05, 4.69) is 4.74 Å². The molecule has 1 atom stereocenters. The van der Waals surface area contributed by atoms with E-state index in [0.29, 0.717) is 43.7 Å². The van der Waals surface area contributed by atoms with E-state index in [4.69, 9.17) is 37.4 Å². The molecule has 0 saturated heterocycles. The Morgan fingerprint density at radius 3 is 2.29 bits per heavy atom. The molecule has 11 heteroatoms. The second-order valence-electron chi connectivity index (χ2n) is 9.83. The van der Waals surface area contributed by atoms with E-state index in [-0.39, 0.29) is 30.6 Å². The standard InChI is InChI=1S/C30H28Cl2F3NO5/c1-17(2)16-38-29(37)19(4)39-27-13-20(5-12-25(27)32)15-36-18(3)28(40-22-8-6-21(31)7-9-22)24-11-10-23(14-26(24)36)41-30(33,34)35/h5-14,17,19H,15-16H2,1-4H3/t19-/m0/s1. The third kappa shape index (κ3) is 7.80. The van der Waals surface area contributed by atoms with Gasteiger partial charge in [-0.2, -0.15) is 0 Å². The highest BCUT2D eigenvalue weighted by atomic mass is 35.5. The summed E-state index contributed by atoms with van der Waals surface area (Å²) in [6, 6.07) is 15.9. The fraction of sp³-hybridized carbons (Fsp3) is 0.300. The number of benzene rings is 3. The Balaban J connectivity index is 1.69. The van der Waals surface area contributed by atoms with Crippen LogP contribution in [0.25, 0.3) is 10.9 Å². The summed E-state index contributed by atoms with van der Waals surface area (Å²) in [5.41, 5.74) is 1.82. The Morgan fingerprint density at radius 2 is 1.63 bits per heavy atom. The van der Waals surface area contributed by atoms with Crippen LogP contribution >= 0.6 is 23.2 Å². The summed E-state index contributed by atoms with van der Waals surface area (Å²) in [6.07, 6.45) is -5.75. The van der Waals surface area contributed by atoms with E-state index in [1.54, 1.807) is 60.9 Å². The molecule has 1 heterocycles. The third-order valence-corrected chi connectivity index (χ3v) is 6.60. The van der Waals surface area contributed by atoms with Gasteiger partial charge in [-0.25, -0.2) is 4.79 Å². The first-order chi connectivity index (χ1) is 19.3. The normalized spacial score (nSPS) is 12.4. The Morgan fingerprint density at radius 1 is 0.951 bits per heavy atom. The summed E-state index contributed by atoms with van der Waals surface area (Å²) in [4.78, 5) is 12.3. The van der Waals surface area contributed by atoms with E-state index >= 15 is 0 Å². The molecular formula is C30H28Cl2F3NO5. The molecule has 218 valence electrons. The summed E-state index contributed by atoms with van der Waals surface area (Å²) in [5, 5.41) is 1.41. The van der Waals surface area contributed by atoms with Gasteiger partial charge in [-0.15, -0.1) is 13.2 Å². The van der Waals surface area contributed by atoms with Crippen LogP contribution < -0.4 is 14.2 Å². The number of fused-ring (bicyclic) bond motifs is 1. The molecule has 3 aromatic carbocycles. The van der Waals surface area contributed by atoms with Gasteiger partial charge in [0.2, 0.25) is 0 Å². The maximum Gasteiger partial charge on any atom is 0.573 e. The van der Waals surface area contributed by atoms with E-state index in [0.717, 1.165) is 0 Å². The number of esters is 1. The molecule has 0 unspecified atom stereocenters. The molecular weight excluding hydrogens is 582 g/mol. The summed E-state index contributed by atoms with van der Waals surface area (Å²) in [7, 11) is 0. The van der Waals surface area contributed by atoms with Crippen molar-refractivity contribution in [2.75, 3.05) is 6.61 Å². The van der Waals surface area contributed by atoms with Gasteiger partial charge in [0, 0.05) is 23.0 Å². The molecule has 0 N–H and O–H groups in total. The van der Waals surface area contributed by atoms with Gasteiger partial charge in [0.05, 0.1) is 22.8 Å². The first kappa shape index (κ1) is 30.4. The van der Waals surface area contributed by atoms with Crippen LogP contribution in [0.3, 0.4) is 0 Å². The summed E-state index contributed by atoms with van der Waals surface area (Å²) < 4.78 is 62.2. The fourth-order valence-corrected chi connectivity index (χ4v) is 4.39. The van der Waals surface area contributed by atoms with Crippen molar-refractivity contribution >= 4 is 40.1 Å². The molecule has 4 rings (SSSR count). The lowest BCUT2D eigenvalue weighted by molar-refractivity contribution is -0.274. The van der Waals surface area contributed by atoms with Crippen LogP contribution in [0.2, 0.25) is 10.0 Å². The van der Waals surface area contributed by atoms with Crippen LogP contribution in [0.4, 0.5) is 13.2 Å². The van der Waals surface area contributed by atoms with Crippen LogP contribution in [-0.4, -0.2) is 29.6 Å². The maximum atomic E-state index is 13.0. The summed E-state index contributed by atoms with van der Waals surface area (Å²) in [6.45, 7) is 7.71. The van der Waals surface area contributed by atoms with Crippen molar-refractivity contribution in [1.82, 2.24) is 4.57 Å². The second-order valence-corrected chi connectivity index (χ2v) is 10.7. The second kappa shape index (κ2) is 12.5. The van der Waals surface area contributed by atoms with Crippen LogP contribution in [0.5, 0.6) is 23.0 Å². The zero-order chi connectivity index (χ0) is 29.9. The van der Waals surface area contributed by atoms with E-state index in [9.17, 15) is 18.0 Å². The van der Waals surface area contributed by atoms with Crippen LogP contribution in [-0.2, 0) is 16.1 Å². The summed E-state index contributed by atoms with van der Waals surface area (Å²) in [5.74, 6) is 0.532. The predicted octanol–water partition coefficient (Wildman–Crippen LogP) is 8.96.